The first-order chi connectivity index (χ1) is 9.24. The Bertz CT molecular complexity index is 424. The molecule has 1 aromatic heterocycles. The molecule has 1 fully saturated rings. The van der Waals surface area contributed by atoms with Crippen LogP contribution in [0.25, 0.3) is 0 Å². The van der Waals surface area contributed by atoms with Gasteiger partial charge in [-0.05, 0) is 63.4 Å². The van der Waals surface area contributed by atoms with Crippen LogP contribution < -0.4 is 5.32 Å². The summed E-state index contributed by atoms with van der Waals surface area (Å²) in [7, 11) is 4.21. The molecular weight excluding hydrogens is 236 g/mol. The second-order valence-corrected chi connectivity index (χ2v) is 6.19. The number of furan rings is 1. The van der Waals surface area contributed by atoms with Gasteiger partial charge in [0.2, 0.25) is 0 Å². The first-order valence-corrected chi connectivity index (χ1v) is 7.33. The average molecular weight is 260 g/mol. The second kappa shape index (κ2) is 5.51. The molecule has 1 aromatic rings. The predicted octanol–water partition coefficient (Wildman–Crippen LogP) is 2.68. The van der Waals surface area contributed by atoms with E-state index in [1.807, 2.05) is 6.07 Å². The highest BCUT2D eigenvalue weighted by Crippen LogP contribution is 2.42. The molecular formula is C16H24N2O. The normalized spacial score (nSPS) is 30.4. The maximum absolute atomic E-state index is 5.54. The Morgan fingerprint density at radius 2 is 2.26 bits per heavy atom. The number of rotatable bonds is 6. The number of fused-ring (bicyclic) bond motifs is 2. The molecule has 1 saturated carbocycles. The molecule has 2 bridgehead atoms. The molecule has 0 radical (unpaired) electrons. The summed E-state index contributed by atoms with van der Waals surface area (Å²) in [5.41, 5.74) is 0. The first-order valence-electron chi connectivity index (χ1n) is 7.33. The third-order valence-electron chi connectivity index (χ3n) is 4.66. The Labute approximate surface area is 115 Å². The van der Waals surface area contributed by atoms with E-state index in [0.29, 0.717) is 6.04 Å². The summed E-state index contributed by atoms with van der Waals surface area (Å²) in [6.07, 6.45) is 9.36. The predicted molar refractivity (Wildman–Crippen MR) is 76.8 cm³/mol. The van der Waals surface area contributed by atoms with Crippen LogP contribution in [-0.4, -0.2) is 32.1 Å². The standard InChI is InChI=1S/C16H24N2O/c1-18(2)15(16-4-3-7-19-16)11-17-10-14-9-12-5-6-13(14)8-12/h3-7,12-15,17H,8-11H2,1-2H3. The summed E-state index contributed by atoms with van der Waals surface area (Å²) in [6, 6.07) is 4.35. The largest absolute Gasteiger partial charge is 0.468 e. The zero-order valence-electron chi connectivity index (χ0n) is 11.9. The summed E-state index contributed by atoms with van der Waals surface area (Å²) < 4.78 is 5.54. The van der Waals surface area contributed by atoms with Gasteiger partial charge in [0.25, 0.3) is 0 Å². The molecule has 1 N–H and O–H groups in total. The molecule has 2 aliphatic carbocycles. The van der Waals surface area contributed by atoms with E-state index in [0.717, 1.165) is 36.6 Å². The summed E-state index contributed by atoms with van der Waals surface area (Å²) in [5, 5.41) is 3.65. The lowest BCUT2D eigenvalue weighted by molar-refractivity contribution is 0.245. The van der Waals surface area contributed by atoms with Gasteiger partial charge in [-0.25, -0.2) is 0 Å². The van der Waals surface area contributed by atoms with Crippen molar-refractivity contribution in [3.05, 3.63) is 36.3 Å². The third-order valence-corrected chi connectivity index (χ3v) is 4.66. The Kier molecular flexibility index (Phi) is 3.76. The summed E-state index contributed by atoms with van der Waals surface area (Å²) >= 11 is 0. The Hall–Kier alpha value is -1.06. The molecule has 0 spiro atoms. The fourth-order valence-corrected chi connectivity index (χ4v) is 3.55. The third kappa shape index (κ3) is 2.77. The molecule has 3 rings (SSSR count). The molecule has 104 valence electrons. The van der Waals surface area contributed by atoms with Crippen molar-refractivity contribution in [2.75, 3.05) is 27.2 Å². The van der Waals surface area contributed by atoms with Crippen LogP contribution in [0.4, 0.5) is 0 Å². The molecule has 1 heterocycles. The SMILES string of the molecule is CN(C)C(CNCC1CC2C=CC1C2)c1ccco1. The minimum Gasteiger partial charge on any atom is -0.468 e. The van der Waals surface area contributed by atoms with E-state index in [-0.39, 0.29) is 0 Å². The fraction of sp³-hybridized carbons (Fsp3) is 0.625. The maximum Gasteiger partial charge on any atom is 0.122 e. The van der Waals surface area contributed by atoms with Crippen molar-refractivity contribution in [3.63, 3.8) is 0 Å². The van der Waals surface area contributed by atoms with E-state index in [4.69, 9.17) is 4.42 Å². The number of nitrogens with one attached hydrogen (secondary N) is 1. The maximum atomic E-state index is 5.54. The molecule has 3 nitrogen and oxygen atoms in total. The van der Waals surface area contributed by atoms with Gasteiger partial charge in [-0.2, -0.15) is 0 Å². The first kappa shape index (κ1) is 12.9. The van der Waals surface area contributed by atoms with E-state index in [1.54, 1.807) is 6.26 Å². The molecule has 0 aliphatic heterocycles. The van der Waals surface area contributed by atoms with Gasteiger partial charge in [0.1, 0.15) is 5.76 Å². The van der Waals surface area contributed by atoms with Crippen molar-refractivity contribution >= 4 is 0 Å². The van der Waals surface area contributed by atoms with Crippen LogP contribution in [0.1, 0.15) is 24.6 Å². The van der Waals surface area contributed by atoms with Gasteiger partial charge >= 0.3 is 0 Å². The topological polar surface area (TPSA) is 28.4 Å². The van der Waals surface area contributed by atoms with Crippen LogP contribution in [0.2, 0.25) is 0 Å². The molecule has 0 amide bonds. The van der Waals surface area contributed by atoms with E-state index < -0.39 is 0 Å². The molecule has 3 heteroatoms. The second-order valence-electron chi connectivity index (χ2n) is 6.19. The van der Waals surface area contributed by atoms with Gasteiger partial charge in [0, 0.05) is 6.54 Å². The Balaban J connectivity index is 1.49. The lowest BCUT2D eigenvalue weighted by Crippen LogP contribution is -2.34. The van der Waals surface area contributed by atoms with Crippen molar-refractivity contribution < 1.29 is 4.42 Å². The lowest BCUT2D eigenvalue weighted by Gasteiger charge is -2.25. The lowest BCUT2D eigenvalue weighted by atomic mass is 9.93. The van der Waals surface area contributed by atoms with Gasteiger partial charge in [-0.15, -0.1) is 0 Å². The van der Waals surface area contributed by atoms with Crippen LogP contribution in [0.3, 0.4) is 0 Å². The molecule has 0 saturated heterocycles. The van der Waals surface area contributed by atoms with Crippen LogP contribution >= 0.6 is 0 Å². The summed E-state index contributed by atoms with van der Waals surface area (Å²) in [4.78, 5) is 2.21. The zero-order valence-corrected chi connectivity index (χ0v) is 11.9. The van der Waals surface area contributed by atoms with Crippen molar-refractivity contribution in [1.29, 1.82) is 0 Å². The number of allylic oxidation sites excluding steroid dienone is 2. The molecule has 0 aromatic carbocycles. The smallest absolute Gasteiger partial charge is 0.122 e. The van der Waals surface area contributed by atoms with Crippen molar-refractivity contribution in [2.24, 2.45) is 17.8 Å². The molecule has 19 heavy (non-hydrogen) atoms. The number of hydrogen-bond acceptors (Lipinski definition) is 3. The van der Waals surface area contributed by atoms with E-state index in [1.165, 1.54) is 12.8 Å². The average Bonchev–Trinajstić information content (AvgIpc) is 3.10. The highest BCUT2D eigenvalue weighted by Gasteiger charge is 2.35. The zero-order chi connectivity index (χ0) is 13.2. The van der Waals surface area contributed by atoms with Crippen LogP contribution in [0.5, 0.6) is 0 Å². The van der Waals surface area contributed by atoms with Crippen molar-refractivity contribution in [1.82, 2.24) is 10.2 Å². The highest BCUT2D eigenvalue weighted by molar-refractivity contribution is 5.10. The van der Waals surface area contributed by atoms with Crippen LogP contribution in [0.15, 0.2) is 35.0 Å². The number of nitrogens with zero attached hydrogens (tertiary/aromatic N) is 1. The summed E-state index contributed by atoms with van der Waals surface area (Å²) in [5.74, 6) is 3.59. The van der Waals surface area contributed by atoms with Gasteiger partial charge in [-0.1, -0.05) is 12.2 Å². The minimum atomic E-state index is 0.323. The highest BCUT2D eigenvalue weighted by atomic mass is 16.3. The van der Waals surface area contributed by atoms with Crippen LogP contribution in [-0.2, 0) is 0 Å². The van der Waals surface area contributed by atoms with E-state index >= 15 is 0 Å². The minimum absolute atomic E-state index is 0.323. The Morgan fingerprint density at radius 1 is 1.37 bits per heavy atom. The molecule has 2 aliphatic rings. The quantitative estimate of drug-likeness (QED) is 0.797. The fourth-order valence-electron chi connectivity index (χ4n) is 3.55. The molecule has 4 unspecified atom stereocenters. The van der Waals surface area contributed by atoms with Crippen LogP contribution in [0, 0.1) is 17.8 Å². The van der Waals surface area contributed by atoms with E-state index in [2.05, 4.69) is 42.5 Å². The number of hydrogen-bond donors (Lipinski definition) is 1. The monoisotopic (exact) mass is 260 g/mol. The van der Waals surface area contributed by atoms with Gasteiger partial charge in [0.15, 0.2) is 0 Å². The van der Waals surface area contributed by atoms with Crippen molar-refractivity contribution in [3.8, 4) is 0 Å². The number of likely N-dealkylation sites (N-methyl/N-ethyl adjacent to an activating group) is 1. The Morgan fingerprint density at radius 3 is 2.84 bits per heavy atom. The molecule has 4 atom stereocenters. The van der Waals surface area contributed by atoms with Crippen molar-refractivity contribution in [2.45, 2.75) is 18.9 Å². The van der Waals surface area contributed by atoms with Gasteiger partial charge < -0.3 is 9.73 Å². The van der Waals surface area contributed by atoms with E-state index in [9.17, 15) is 0 Å². The summed E-state index contributed by atoms with van der Waals surface area (Å²) in [6.45, 7) is 2.09. The van der Waals surface area contributed by atoms with Gasteiger partial charge in [0.05, 0.1) is 12.3 Å². The van der Waals surface area contributed by atoms with Gasteiger partial charge in [-0.3, -0.25) is 4.90 Å².